The summed E-state index contributed by atoms with van der Waals surface area (Å²) in [7, 11) is 2.94. The topological polar surface area (TPSA) is 68.6 Å². The molecule has 0 spiro atoms. The lowest BCUT2D eigenvalue weighted by molar-refractivity contribution is -0.173. The summed E-state index contributed by atoms with van der Waals surface area (Å²) in [5.41, 5.74) is 0.415. The highest BCUT2D eigenvalue weighted by Crippen LogP contribution is 2.47. The molecule has 4 rings (SSSR count). The van der Waals surface area contributed by atoms with Gasteiger partial charge in [0.2, 0.25) is 0 Å². The average molecular weight is 487 g/mol. The van der Waals surface area contributed by atoms with Crippen LogP contribution in [-0.4, -0.2) is 53.6 Å². The standard InChI is InChI=1S/C22H26ClF3N4O3/c1-12-6-4-5-9-29(12)21(31)19-18(23)20-27-14(11-17(22(24,25)26)30(20)28-19)13-7-8-15(32-2)16(10-13)33-3/h7-8,10,12,14,17,27H,4-6,9,11H2,1-3H3/t12-,14+,17-/m1/s1. The molecule has 7 nitrogen and oxygen atoms in total. The van der Waals surface area contributed by atoms with Crippen LogP contribution in [0.25, 0.3) is 0 Å². The predicted octanol–water partition coefficient (Wildman–Crippen LogP) is 5.23. The fourth-order valence-corrected chi connectivity index (χ4v) is 4.81. The minimum absolute atomic E-state index is 0.0157. The van der Waals surface area contributed by atoms with Crippen LogP contribution < -0.4 is 14.8 Å². The molecule has 2 aliphatic heterocycles. The van der Waals surface area contributed by atoms with Crippen molar-refractivity contribution in [1.29, 1.82) is 0 Å². The van der Waals surface area contributed by atoms with E-state index in [1.165, 1.54) is 14.2 Å². The van der Waals surface area contributed by atoms with Gasteiger partial charge in [0.1, 0.15) is 10.8 Å². The van der Waals surface area contributed by atoms with E-state index in [1.807, 2.05) is 6.92 Å². The first-order chi connectivity index (χ1) is 15.7. The molecule has 0 unspecified atom stereocenters. The molecule has 180 valence electrons. The first-order valence-corrected chi connectivity index (χ1v) is 11.2. The number of likely N-dealkylation sites (tertiary alicyclic amines) is 1. The summed E-state index contributed by atoms with van der Waals surface area (Å²) in [5.74, 6) is 0.411. The van der Waals surface area contributed by atoms with Crippen LogP contribution >= 0.6 is 11.6 Å². The van der Waals surface area contributed by atoms with Gasteiger partial charge >= 0.3 is 6.18 Å². The van der Waals surface area contributed by atoms with E-state index in [0.717, 1.165) is 23.9 Å². The molecule has 3 atom stereocenters. The molecule has 3 heterocycles. The number of nitrogens with one attached hydrogen (secondary N) is 1. The van der Waals surface area contributed by atoms with Gasteiger partial charge in [-0.25, -0.2) is 4.68 Å². The molecule has 1 amide bonds. The lowest BCUT2D eigenvalue weighted by Crippen LogP contribution is -2.42. The smallest absolute Gasteiger partial charge is 0.410 e. The van der Waals surface area contributed by atoms with Gasteiger partial charge in [0.05, 0.1) is 20.3 Å². The van der Waals surface area contributed by atoms with E-state index in [2.05, 4.69) is 10.4 Å². The van der Waals surface area contributed by atoms with Crippen LogP contribution in [0.1, 0.15) is 60.7 Å². The molecule has 2 aliphatic rings. The number of ether oxygens (including phenoxy) is 2. The van der Waals surface area contributed by atoms with Crippen molar-refractivity contribution in [3.8, 4) is 11.5 Å². The van der Waals surface area contributed by atoms with Gasteiger partial charge in [0, 0.05) is 19.0 Å². The highest BCUT2D eigenvalue weighted by Gasteiger charge is 2.48. The number of aromatic nitrogens is 2. The van der Waals surface area contributed by atoms with Gasteiger partial charge < -0.3 is 19.7 Å². The van der Waals surface area contributed by atoms with Crippen molar-refractivity contribution < 1.29 is 27.4 Å². The maximum absolute atomic E-state index is 14.1. The number of piperidine rings is 1. The summed E-state index contributed by atoms with van der Waals surface area (Å²) in [6.45, 7) is 2.45. The quantitative estimate of drug-likeness (QED) is 0.641. The van der Waals surface area contributed by atoms with Crippen LogP contribution in [0.5, 0.6) is 11.5 Å². The Morgan fingerprint density at radius 2 is 1.94 bits per heavy atom. The molecular weight excluding hydrogens is 461 g/mol. The lowest BCUT2D eigenvalue weighted by atomic mass is 9.96. The average Bonchev–Trinajstić information content (AvgIpc) is 3.13. The van der Waals surface area contributed by atoms with E-state index in [1.54, 1.807) is 23.1 Å². The summed E-state index contributed by atoms with van der Waals surface area (Å²) in [5, 5.41) is 7.03. The Labute approximate surface area is 194 Å². The van der Waals surface area contributed by atoms with Crippen molar-refractivity contribution in [2.24, 2.45) is 0 Å². The van der Waals surface area contributed by atoms with Crippen LogP contribution in [0, 0.1) is 0 Å². The Kier molecular flexibility index (Phi) is 6.39. The molecular formula is C22H26ClF3N4O3. The Bertz CT molecular complexity index is 1040. The summed E-state index contributed by atoms with van der Waals surface area (Å²) in [6.07, 6.45) is -2.23. The number of amides is 1. The number of methoxy groups -OCH3 is 2. The van der Waals surface area contributed by atoms with Crippen LogP contribution in [0.2, 0.25) is 5.02 Å². The van der Waals surface area contributed by atoms with Crippen molar-refractivity contribution in [2.45, 2.75) is 56.9 Å². The second kappa shape index (κ2) is 8.96. The monoisotopic (exact) mass is 486 g/mol. The van der Waals surface area contributed by atoms with Crippen molar-refractivity contribution in [3.05, 3.63) is 34.5 Å². The van der Waals surface area contributed by atoms with Crippen LogP contribution in [0.4, 0.5) is 19.0 Å². The minimum atomic E-state index is -4.58. The van der Waals surface area contributed by atoms with Gasteiger partial charge in [0.25, 0.3) is 5.91 Å². The van der Waals surface area contributed by atoms with Crippen molar-refractivity contribution in [3.63, 3.8) is 0 Å². The summed E-state index contributed by atoms with van der Waals surface area (Å²) < 4.78 is 53.5. The summed E-state index contributed by atoms with van der Waals surface area (Å²) >= 11 is 6.47. The van der Waals surface area contributed by atoms with Gasteiger partial charge in [-0.3, -0.25) is 4.79 Å². The molecule has 0 radical (unpaired) electrons. The third-order valence-electron chi connectivity index (χ3n) is 6.37. The molecule has 0 bridgehead atoms. The normalized spacial score (nSPS) is 23.0. The minimum Gasteiger partial charge on any atom is -0.493 e. The number of nitrogens with zero attached hydrogens (tertiary/aromatic N) is 3. The first kappa shape index (κ1) is 23.5. The molecule has 1 saturated heterocycles. The molecule has 1 aromatic heterocycles. The molecule has 11 heteroatoms. The highest BCUT2D eigenvalue weighted by atomic mass is 35.5. The van der Waals surface area contributed by atoms with E-state index in [-0.39, 0.29) is 29.0 Å². The van der Waals surface area contributed by atoms with Gasteiger partial charge in [-0.15, -0.1) is 0 Å². The van der Waals surface area contributed by atoms with Gasteiger partial charge in [-0.2, -0.15) is 18.3 Å². The van der Waals surface area contributed by atoms with E-state index < -0.39 is 24.2 Å². The molecule has 0 saturated carbocycles. The third kappa shape index (κ3) is 4.32. The number of hydrogen-bond acceptors (Lipinski definition) is 5. The second-order valence-corrected chi connectivity index (χ2v) is 8.78. The number of fused-ring (bicyclic) bond motifs is 1. The van der Waals surface area contributed by atoms with Gasteiger partial charge in [0.15, 0.2) is 23.2 Å². The fraction of sp³-hybridized carbons (Fsp3) is 0.545. The summed E-state index contributed by atoms with van der Waals surface area (Å²) in [6, 6.07) is 2.25. The number of alkyl halides is 3. The Morgan fingerprint density at radius 3 is 2.58 bits per heavy atom. The van der Waals surface area contributed by atoms with Crippen LogP contribution in [0.15, 0.2) is 18.2 Å². The lowest BCUT2D eigenvalue weighted by Gasteiger charge is -2.33. The maximum atomic E-state index is 14.1. The number of anilines is 1. The predicted molar refractivity (Wildman–Crippen MR) is 117 cm³/mol. The number of halogens is 4. The Balaban J connectivity index is 1.73. The Morgan fingerprint density at radius 1 is 1.21 bits per heavy atom. The zero-order valence-corrected chi connectivity index (χ0v) is 19.3. The second-order valence-electron chi connectivity index (χ2n) is 8.40. The zero-order chi connectivity index (χ0) is 23.9. The van der Waals surface area contributed by atoms with Crippen LogP contribution in [0.3, 0.4) is 0 Å². The van der Waals surface area contributed by atoms with E-state index in [9.17, 15) is 18.0 Å². The number of benzene rings is 1. The van der Waals surface area contributed by atoms with Gasteiger partial charge in [-0.1, -0.05) is 17.7 Å². The fourth-order valence-electron chi connectivity index (χ4n) is 4.55. The van der Waals surface area contributed by atoms with E-state index >= 15 is 0 Å². The molecule has 2 aromatic rings. The maximum Gasteiger partial charge on any atom is 0.410 e. The molecule has 1 aromatic carbocycles. The number of rotatable bonds is 4. The van der Waals surface area contributed by atoms with E-state index in [0.29, 0.717) is 23.6 Å². The van der Waals surface area contributed by atoms with Gasteiger partial charge in [-0.05, 0) is 43.9 Å². The number of carbonyl (C=O) groups is 1. The molecule has 1 N–H and O–H groups in total. The largest absolute Gasteiger partial charge is 0.493 e. The Hall–Kier alpha value is -2.62. The van der Waals surface area contributed by atoms with Crippen LogP contribution in [-0.2, 0) is 0 Å². The SMILES string of the molecule is COc1ccc([C@@H]2C[C@H](C(F)(F)F)n3nc(C(=O)N4CCCC[C@H]4C)c(Cl)c3N2)cc1OC. The van der Waals surface area contributed by atoms with Crippen molar-refractivity contribution >= 4 is 23.3 Å². The van der Waals surface area contributed by atoms with Crippen molar-refractivity contribution in [1.82, 2.24) is 14.7 Å². The highest BCUT2D eigenvalue weighted by molar-refractivity contribution is 6.36. The molecule has 1 fully saturated rings. The zero-order valence-electron chi connectivity index (χ0n) is 18.6. The number of hydrogen-bond donors (Lipinski definition) is 1. The van der Waals surface area contributed by atoms with E-state index in [4.69, 9.17) is 21.1 Å². The molecule has 0 aliphatic carbocycles. The number of carbonyl (C=O) groups excluding carboxylic acids is 1. The third-order valence-corrected chi connectivity index (χ3v) is 6.73. The molecule has 33 heavy (non-hydrogen) atoms. The summed E-state index contributed by atoms with van der Waals surface area (Å²) in [4.78, 5) is 14.8. The first-order valence-electron chi connectivity index (χ1n) is 10.8. The van der Waals surface area contributed by atoms with Crippen molar-refractivity contribution in [2.75, 3.05) is 26.1 Å².